The maximum absolute atomic E-state index is 11.8. The first-order chi connectivity index (χ1) is 14.1. The van der Waals surface area contributed by atoms with Gasteiger partial charge in [0.1, 0.15) is 6.04 Å². The van der Waals surface area contributed by atoms with Crippen LogP contribution in [0.15, 0.2) is 17.2 Å². The molecule has 29 heavy (non-hydrogen) atoms. The lowest BCUT2D eigenvalue weighted by molar-refractivity contribution is -0.130. The van der Waals surface area contributed by atoms with E-state index in [1.807, 2.05) is 12.1 Å². The van der Waals surface area contributed by atoms with E-state index in [0.29, 0.717) is 18.2 Å². The molecule has 1 aromatic heterocycles. The number of anilines is 1. The van der Waals surface area contributed by atoms with Crippen LogP contribution in [0, 0.1) is 0 Å². The summed E-state index contributed by atoms with van der Waals surface area (Å²) >= 11 is 1.53. The van der Waals surface area contributed by atoms with Crippen LogP contribution in [0.5, 0.6) is 0 Å². The highest BCUT2D eigenvalue weighted by Crippen LogP contribution is 2.28. The summed E-state index contributed by atoms with van der Waals surface area (Å²) in [4.78, 5) is 39.9. The number of nitrogens with zero attached hydrogens (tertiary/aromatic N) is 5. The fourth-order valence-electron chi connectivity index (χ4n) is 4.18. The number of hydrogen-bond donors (Lipinski definition) is 1. The van der Waals surface area contributed by atoms with E-state index in [9.17, 15) is 9.59 Å². The Kier molecular flexibility index (Phi) is 6.59. The highest BCUT2D eigenvalue weighted by molar-refractivity contribution is 8.03. The van der Waals surface area contributed by atoms with Crippen LogP contribution in [0.4, 0.5) is 5.95 Å². The van der Waals surface area contributed by atoms with Crippen molar-refractivity contribution < 1.29 is 9.59 Å². The van der Waals surface area contributed by atoms with Crippen molar-refractivity contribution in [1.29, 1.82) is 0 Å². The molecule has 3 fully saturated rings. The van der Waals surface area contributed by atoms with Gasteiger partial charge in [-0.2, -0.15) is 0 Å². The summed E-state index contributed by atoms with van der Waals surface area (Å²) in [6, 6.07) is 1.95. The van der Waals surface area contributed by atoms with E-state index in [1.54, 1.807) is 6.20 Å². The predicted octanol–water partition coefficient (Wildman–Crippen LogP) is 0.464. The molecule has 0 saturated carbocycles. The summed E-state index contributed by atoms with van der Waals surface area (Å²) in [6.45, 7) is 6.54. The summed E-state index contributed by atoms with van der Waals surface area (Å²) < 4.78 is 0. The maximum atomic E-state index is 11.8. The average Bonchev–Trinajstić information content (AvgIpc) is 3.22. The molecule has 0 radical (unpaired) electrons. The fraction of sp³-hybridized carbons (Fsp3) is 0.600. The molecule has 3 aliphatic rings. The van der Waals surface area contributed by atoms with Crippen LogP contribution in [0.1, 0.15) is 18.5 Å². The number of carbonyl (C=O) groups excluding carboxylic acids is 2. The van der Waals surface area contributed by atoms with Crippen LogP contribution in [0.25, 0.3) is 6.08 Å². The van der Waals surface area contributed by atoms with E-state index in [4.69, 9.17) is 4.98 Å². The molecule has 9 heteroatoms. The van der Waals surface area contributed by atoms with Crippen LogP contribution in [0.2, 0.25) is 0 Å². The minimum Gasteiger partial charge on any atom is -0.341 e. The monoisotopic (exact) mass is 416 g/mol. The standard InChI is InChI=1S/C20H28N6O2S/c1-24-8-10-25(11-9-24)16-3-6-26(7-4-16)20-21-5-2-15(23-20)12-18-19(17(28)13-27)22-14-29-18/h2,5,12-13,16,19,22H,3-4,6-11,14H2,1H3/b18-12-. The zero-order valence-corrected chi connectivity index (χ0v) is 17.6. The maximum Gasteiger partial charge on any atom is 0.225 e. The second-order valence-electron chi connectivity index (χ2n) is 7.83. The van der Waals surface area contributed by atoms with Gasteiger partial charge in [0, 0.05) is 62.3 Å². The third-order valence-electron chi connectivity index (χ3n) is 5.97. The molecule has 4 heterocycles. The van der Waals surface area contributed by atoms with Crippen LogP contribution >= 0.6 is 11.8 Å². The van der Waals surface area contributed by atoms with Crippen LogP contribution < -0.4 is 10.2 Å². The molecule has 0 bridgehead atoms. The first-order valence-corrected chi connectivity index (χ1v) is 11.2. The lowest BCUT2D eigenvalue weighted by atomic mass is 10.0. The van der Waals surface area contributed by atoms with Gasteiger partial charge in [0.05, 0.1) is 5.69 Å². The van der Waals surface area contributed by atoms with Crippen LogP contribution in [0.3, 0.4) is 0 Å². The topological polar surface area (TPSA) is 81.7 Å². The number of hydrogen-bond acceptors (Lipinski definition) is 9. The van der Waals surface area contributed by atoms with E-state index in [2.05, 4.69) is 32.0 Å². The van der Waals surface area contributed by atoms with Crippen molar-refractivity contribution in [3.63, 3.8) is 0 Å². The number of aldehydes is 1. The van der Waals surface area contributed by atoms with Gasteiger partial charge in [-0.3, -0.25) is 19.8 Å². The van der Waals surface area contributed by atoms with Gasteiger partial charge in [-0.1, -0.05) is 0 Å². The molecule has 1 aromatic rings. The molecule has 0 amide bonds. The number of piperidine rings is 1. The lowest BCUT2D eigenvalue weighted by Crippen LogP contribution is -2.52. The molecule has 1 unspecified atom stereocenters. The van der Waals surface area contributed by atoms with Gasteiger partial charge in [-0.25, -0.2) is 9.97 Å². The quantitative estimate of drug-likeness (QED) is 0.544. The molecule has 156 valence electrons. The van der Waals surface area contributed by atoms with Crippen LogP contribution in [-0.2, 0) is 9.59 Å². The number of likely N-dealkylation sites (N-methyl/N-ethyl adjacent to an activating group) is 1. The number of aromatic nitrogens is 2. The molecule has 1 atom stereocenters. The molecule has 0 aromatic carbocycles. The second kappa shape index (κ2) is 9.34. The molecular formula is C20H28N6O2S. The number of rotatable bonds is 5. The smallest absolute Gasteiger partial charge is 0.225 e. The fourth-order valence-corrected chi connectivity index (χ4v) is 5.17. The Morgan fingerprint density at radius 3 is 2.69 bits per heavy atom. The molecule has 0 spiro atoms. The van der Waals surface area contributed by atoms with Crippen molar-refractivity contribution in [1.82, 2.24) is 25.1 Å². The first-order valence-electron chi connectivity index (χ1n) is 10.2. The minimum absolute atomic E-state index is 0.382. The van der Waals surface area contributed by atoms with Gasteiger partial charge in [-0.05, 0) is 32.0 Å². The van der Waals surface area contributed by atoms with Gasteiger partial charge in [0.25, 0.3) is 0 Å². The van der Waals surface area contributed by atoms with E-state index in [1.165, 1.54) is 11.8 Å². The van der Waals surface area contributed by atoms with Crippen molar-refractivity contribution in [2.24, 2.45) is 0 Å². The number of nitrogens with one attached hydrogen (secondary N) is 1. The van der Waals surface area contributed by atoms with Gasteiger partial charge < -0.3 is 9.80 Å². The number of ketones is 1. The van der Waals surface area contributed by atoms with Gasteiger partial charge in [0.15, 0.2) is 6.29 Å². The number of thioether (sulfide) groups is 1. The number of Topliss-reactive ketones (excluding diaryl/α,β-unsaturated/α-hetero) is 1. The largest absolute Gasteiger partial charge is 0.341 e. The summed E-state index contributed by atoms with van der Waals surface area (Å²) in [5.74, 6) is 0.917. The van der Waals surface area contributed by atoms with E-state index >= 15 is 0 Å². The van der Waals surface area contributed by atoms with Gasteiger partial charge >= 0.3 is 0 Å². The highest BCUT2D eigenvalue weighted by atomic mass is 32.2. The van der Waals surface area contributed by atoms with Crippen molar-refractivity contribution in [2.75, 3.05) is 57.1 Å². The van der Waals surface area contributed by atoms with Crippen molar-refractivity contribution in [2.45, 2.75) is 24.9 Å². The summed E-state index contributed by atoms with van der Waals surface area (Å²) in [5, 5.41) is 3.05. The lowest BCUT2D eigenvalue weighted by Gasteiger charge is -2.42. The molecule has 1 N–H and O–H groups in total. The van der Waals surface area contributed by atoms with E-state index in [-0.39, 0.29) is 0 Å². The molecule has 3 aliphatic heterocycles. The van der Waals surface area contributed by atoms with Gasteiger partial charge in [-0.15, -0.1) is 11.8 Å². The zero-order valence-electron chi connectivity index (χ0n) is 16.8. The Balaban J connectivity index is 1.39. The highest BCUT2D eigenvalue weighted by Gasteiger charge is 2.29. The van der Waals surface area contributed by atoms with Gasteiger partial charge in [0.2, 0.25) is 11.7 Å². The van der Waals surface area contributed by atoms with Crippen molar-refractivity contribution in [3.05, 3.63) is 22.9 Å². The third-order valence-corrected chi connectivity index (χ3v) is 6.97. The molecule has 4 rings (SSSR count). The summed E-state index contributed by atoms with van der Waals surface area (Å²) in [7, 11) is 2.19. The Morgan fingerprint density at radius 2 is 1.97 bits per heavy atom. The molecule has 3 saturated heterocycles. The summed E-state index contributed by atoms with van der Waals surface area (Å²) in [6.07, 6.45) is 6.30. The van der Waals surface area contributed by atoms with Crippen LogP contribution in [-0.4, -0.2) is 96.1 Å². The first kappa shape index (κ1) is 20.5. The van der Waals surface area contributed by atoms with E-state index in [0.717, 1.165) is 68.7 Å². The Labute approximate surface area is 175 Å². The average molecular weight is 417 g/mol. The molecule has 8 nitrogen and oxygen atoms in total. The Bertz CT molecular complexity index is 772. The minimum atomic E-state index is -0.546. The Morgan fingerprint density at radius 1 is 1.21 bits per heavy atom. The molecular weight excluding hydrogens is 388 g/mol. The SMILES string of the molecule is CN1CCN(C2CCN(c3nccc(/C=C4\SCNC4C(=O)C=O)n3)CC2)CC1. The predicted molar refractivity (Wildman–Crippen MR) is 115 cm³/mol. The summed E-state index contributed by atoms with van der Waals surface area (Å²) in [5.41, 5.74) is 0.770. The third kappa shape index (κ3) is 4.85. The van der Waals surface area contributed by atoms with Crippen molar-refractivity contribution in [3.8, 4) is 0 Å². The Hall–Kier alpha value is -1.81. The number of carbonyl (C=O) groups is 2. The normalized spacial score (nSPS) is 26.2. The number of piperazine rings is 1. The zero-order chi connectivity index (χ0) is 20.2. The van der Waals surface area contributed by atoms with Crippen molar-refractivity contribution >= 4 is 35.9 Å². The molecule has 0 aliphatic carbocycles. The van der Waals surface area contributed by atoms with E-state index < -0.39 is 11.8 Å². The second-order valence-corrected chi connectivity index (χ2v) is 8.88.